The largest absolute Gasteiger partial charge is 0.418 e. The molecule has 0 aromatic carbocycles. The van der Waals surface area contributed by atoms with Gasteiger partial charge in [0.05, 0.1) is 12.5 Å². The molecule has 0 spiro atoms. The van der Waals surface area contributed by atoms with E-state index >= 15 is 0 Å². The molecule has 27 heavy (non-hydrogen) atoms. The van der Waals surface area contributed by atoms with E-state index in [0.717, 1.165) is 4.90 Å². The molecular weight excluding hydrogens is 382 g/mol. The second-order valence-corrected chi connectivity index (χ2v) is 7.08. The van der Waals surface area contributed by atoms with Gasteiger partial charge in [0.2, 0.25) is 5.91 Å². The number of piperidine rings is 1. The van der Waals surface area contributed by atoms with Crippen LogP contribution in [0, 0.1) is 0 Å². The molecule has 146 valence electrons. The molecule has 2 saturated heterocycles. The Kier molecular flexibility index (Phi) is 5.25. The number of hydrogen-bond acceptors (Lipinski definition) is 7. The first kappa shape index (κ1) is 19.0. The fourth-order valence-corrected chi connectivity index (χ4v) is 3.44. The van der Waals surface area contributed by atoms with Gasteiger partial charge in [-0.15, -0.1) is 4.28 Å². The molecule has 2 fully saturated rings. The van der Waals surface area contributed by atoms with E-state index in [1.165, 1.54) is 0 Å². The van der Waals surface area contributed by atoms with Gasteiger partial charge in [-0.05, 0) is 30.5 Å². The lowest BCUT2D eigenvalue weighted by atomic mass is 10.0. The molecule has 2 bridgehead atoms. The number of nitrogens with zero attached hydrogens (tertiary/aromatic N) is 3. The summed E-state index contributed by atoms with van der Waals surface area (Å²) in [4.78, 5) is 41.4. The number of hydroxylamine groups is 2. The first-order valence-corrected chi connectivity index (χ1v) is 9.35. The van der Waals surface area contributed by atoms with Crippen LogP contribution in [0.3, 0.4) is 0 Å². The minimum Gasteiger partial charge on any atom is -0.309 e. The lowest BCUT2D eigenvalue weighted by molar-refractivity contribution is -0.131. The van der Waals surface area contributed by atoms with E-state index in [1.54, 1.807) is 24.5 Å². The summed E-state index contributed by atoms with van der Waals surface area (Å²) in [5.74, 6) is -1.06. The third-order valence-corrected chi connectivity index (χ3v) is 4.59. The number of rotatable bonds is 5. The molecular formula is C14H17N5O7S. The number of hydrogen-bond donors (Lipinski definition) is 3. The van der Waals surface area contributed by atoms with Crippen molar-refractivity contribution in [2.45, 2.75) is 31.3 Å². The van der Waals surface area contributed by atoms with Crippen LogP contribution in [0.25, 0.3) is 0 Å². The van der Waals surface area contributed by atoms with Gasteiger partial charge in [-0.1, -0.05) is 0 Å². The van der Waals surface area contributed by atoms with Gasteiger partial charge in [-0.3, -0.25) is 30.0 Å². The number of pyridine rings is 1. The summed E-state index contributed by atoms with van der Waals surface area (Å²) in [6.45, 7) is 0.0669. The molecule has 0 unspecified atom stereocenters. The summed E-state index contributed by atoms with van der Waals surface area (Å²) in [5.41, 5.74) is 5.25. The Balaban J connectivity index is 1.55. The zero-order valence-corrected chi connectivity index (χ0v) is 14.8. The Hall–Kier alpha value is -2.77. The Morgan fingerprint density at radius 3 is 2.63 bits per heavy atom. The van der Waals surface area contributed by atoms with Crippen LogP contribution in [0.1, 0.15) is 18.4 Å². The third kappa shape index (κ3) is 4.50. The van der Waals surface area contributed by atoms with Gasteiger partial charge in [0.15, 0.2) is 0 Å². The van der Waals surface area contributed by atoms with Crippen molar-refractivity contribution < 1.29 is 31.6 Å². The van der Waals surface area contributed by atoms with Crippen molar-refractivity contribution in [3.63, 3.8) is 0 Å². The number of aromatic nitrogens is 1. The third-order valence-electron chi connectivity index (χ3n) is 4.24. The van der Waals surface area contributed by atoms with Gasteiger partial charge in [0.1, 0.15) is 6.04 Å². The summed E-state index contributed by atoms with van der Waals surface area (Å²) >= 11 is 0. The fourth-order valence-electron chi connectivity index (χ4n) is 3.05. The molecule has 0 radical (unpaired) electrons. The molecule has 2 aliphatic heterocycles. The molecule has 12 nitrogen and oxygen atoms in total. The fraction of sp³-hybridized carbons (Fsp3) is 0.429. The van der Waals surface area contributed by atoms with E-state index in [0.29, 0.717) is 17.0 Å². The molecule has 0 saturated carbocycles. The van der Waals surface area contributed by atoms with Gasteiger partial charge >= 0.3 is 16.4 Å². The number of amides is 4. The predicted octanol–water partition coefficient (Wildman–Crippen LogP) is -1.23. The quantitative estimate of drug-likeness (QED) is 0.410. The second kappa shape index (κ2) is 7.46. The van der Waals surface area contributed by atoms with Crippen LogP contribution in [0.4, 0.5) is 4.79 Å². The molecule has 1 aromatic rings. The molecule has 13 heteroatoms. The van der Waals surface area contributed by atoms with Crippen molar-refractivity contribution in [2.75, 3.05) is 6.54 Å². The minimum atomic E-state index is -4.85. The first-order chi connectivity index (χ1) is 12.7. The molecule has 0 aliphatic carbocycles. The van der Waals surface area contributed by atoms with Crippen molar-refractivity contribution in [3.8, 4) is 0 Å². The monoisotopic (exact) mass is 399 g/mol. The van der Waals surface area contributed by atoms with Crippen LogP contribution < -0.4 is 10.9 Å². The Bertz CT molecular complexity index is 847. The molecule has 4 amide bonds. The van der Waals surface area contributed by atoms with E-state index < -0.39 is 40.3 Å². The van der Waals surface area contributed by atoms with Gasteiger partial charge in [0.25, 0.3) is 5.91 Å². The van der Waals surface area contributed by atoms with Crippen molar-refractivity contribution in [2.24, 2.45) is 0 Å². The van der Waals surface area contributed by atoms with Crippen molar-refractivity contribution in [3.05, 3.63) is 30.1 Å². The zero-order valence-electron chi connectivity index (χ0n) is 13.9. The SMILES string of the molecule is O=C(Cc1ccncc1)NNC(=O)[C@@H]1CC[C@@H]2CN1C(=O)N2OS(=O)(=O)O. The minimum absolute atomic E-state index is 0.0359. The topological polar surface area (TPSA) is 158 Å². The van der Waals surface area contributed by atoms with Crippen molar-refractivity contribution >= 4 is 28.2 Å². The number of fused-ring (bicyclic) bond motifs is 2. The maximum absolute atomic E-state index is 12.3. The van der Waals surface area contributed by atoms with Gasteiger partial charge in [0, 0.05) is 18.9 Å². The summed E-state index contributed by atoms with van der Waals surface area (Å²) in [6, 6.07) is 0.984. The maximum Gasteiger partial charge on any atom is 0.418 e. The highest BCUT2D eigenvalue weighted by Crippen LogP contribution is 2.30. The highest BCUT2D eigenvalue weighted by atomic mass is 32.3. The molecule has 3 rings (SSSR count). The van der Waals surface area contributed by atoms with Crippen molar-refractivity contribution in [1.82, 2.24) is 25.8 Å². The second-order valence-electron chi connectivity index (χ2n) is 6.08. The number of urea groups is 1. The van der Waals surface area contributed by atoms with E-state index in [1.807, 2.05) is 0 Å². The average molecular weight is 399 g/mol. The average Bonchev–Trinajstić information content (AvgIpc) is 2.84. The first-order valence-electron chi connectivity index (χ1n) is 7.99. The number of hydrazine groups is 1. The molecule has 3 heterocycles. The molecule has 1 aromatic heterocycles. The van der Waals surface area contributed by atoms with E-state index in [-0.39, 0.29) is 19.4 Å². The standard InChI is InChI=1S/C14H17N5O7S/c20-12(7-9-3-5-15-6-4-9)16-17-13(21)11-2-1-10-8-18(11)14(22)19(10)26-27(23,24)25/h3-6,10-11H,1-2,7-8H2,(H,16,20)(H,17,21)(H,23,24,25)/t10-,11+/m1/s1. The lowest BCUT2D eigenvalue weighted by Gasteiger charge is -2.29. The Morgan fingerprint density at radius 2 is 1.96 bits per heavy atom. The normalized spacial score (nSPS) is 21.9. The number of carbonyl (C=O) groups excluding carboxylic acids is 3. The maximum atomic E-state index is 12.3. The van der Waals surface area contributed by atoms with Gasteiger partial charge < -0.3 is 4.90 Å². The van der Waals surface area contributed by atoms with Gasteiger partial charge in [-0.2, -0.15) is 13.5 Å². The molecule has 3 N–H and O–H groups in total. The van der Waals surface area contributed by atoms with E-state index in [4.69, 9.17) is 4.55 Å². The van der Waals surface area contributed by atoms with Crippen LogP contribution in [0.5, 0.6) is 0 Å². The summed E-state index contributed by atoms with van der Waals surface area (Å²) in [5, 5.41) is 0.546. The Morgan fingerprint density at radius 1 is 1.26 bits per heavy atom. The summed E-state index contributed by atoms with van der Waals surface area (Å²) < 4.78 is 34.8. The van der Waals surface area contributed by atoms with E-state index in [9.17, 15) is 22.8 Å². The molecule has 2 atom stereocenters. The van der Waals surface area contributed by atoms with Crippen LogP contribution in [0.2, 0.25) is 0 Å². The number of carbonyl (C=O) groups is 3. The highest BCUT2D eigenvalue weighted by Gasteiger charge is 2.49. The van der Waals surface area contributed by atoms with Crippen molar-refractivity contribution in [1.29, 1.82) is 0 Å². The Labute approximate surface area is 154 Å². The van der Waals surface area contributed by atoms with Crippen LogP contribution in [-0.4, -0.2) is 64.4 Å². The lowest BCUT2D eigenvalue weighted by Crippen LogP contribution is -2.54. The highest BCUT2D eigenvalue weighted by molar-refractivity contribution is 7.80. The molecule has 2 aliphatic rings. The zero-order chi connectivity index (χ0) is 19.6. The van der Waals surface area contributed by atoms with Crippen LogP contribution >= 0.6 is 0 Å². The van der Waals surface area contributed by atoms with Gasteiger partial charge in [-0.25, -0.2) is 4.79 Å². The van der Waals surface area contributed by atoms with Crippen LogP contribution in [-0.2, 0) is 30.7 Å². The smallest absolute Gasteiger partial charge is 0.309 e. The predicted molar refractivity (Wildman–Crippen MR) is 87.6 cm³/mol. The number of nitrogens with one attached hydrogen (secondary N) is 2. The van der Waals surface area contributed by atoms with Crippen LogP contribution in [0.15, 0.2) is 24.5 Å². The summed E-state index contributed by atoms with van der Waals surface area (Å²) in [7, 11) is -4.85. The van der Waals surface area contributed by atoms with E-state index in [2.05, 4.69) is 20.1 Å². The summed E-state index contributed by atoms with van der Waals surface area (Å²) in [6.07, 6.45) is 3.65.